The van der Waals surface area contributed by atoms with E-state index in [0.717, 1.165) is 22.0 Å². The average molecular weight is 337 g/mol. The molecule has 0 fully saturated rings. The third kappa shape index (κ3) is 3.85. The highest BCUT2D eigenvalue weighted by Gasteiger charge is 2.04. The number of carbonyl (C=O) groups is 1. The maximum absolute atomic E-state index is 11.4. The fourth-order valence-electron chi connectivity index (χ4n) is 2.05. The van der Waals surface area contributed by atoms with E-state index >= 15 is 0 Å². The number of methoxy groups -OCH3 is 1. The largest absolute Gasteiger partial charge is 0.465 e. The third-order valence-electron chi connectivity index (χ3n) is 3.28. The van der Waals surface area contributed by atoms with Gasteiger partial charge in [-0.05, 0) is 17.7 Å². The summed E-state index contributed by atoms with van der Waals surface area (Å²) in [5, 5.41) is 6.87. The number of thiazole rings is 1. The minimum atomic E-state index is -0.354. The summed E-state index contributed by atoms with van der Waals surface area (Å²) in [5.74, 6) is -0.354. The molecule has 120 valence electrons. The smallest absolute Gasteiger partial charge is 0.337 e. The molecule has 0 unspecified atom stereocenters. The summed E-state index contributed by atoms with van der Waals surface area (Å²) >= 11 is 1.49. The molecule has 1 aromatic heterocycles. The molecule has 0 bridgehead atoms. The lowest BCUT2D eigenvalue weighted by molar-refractivity contribution is 0.0600. The minimum Gasteiger partial charge on any atom is -0.465 e. The molecule has 1 N–H and O–H groups in total. The monoisotopic (exact) mass is 337 g/mol. The molecule has 3 aromatic rings. The van der Waals surface area contributed by atoms with E-state index < -0.39 is 0 Å². The van der Waals surface area contributed by atoms with E-state index in [0.29, 0.717) is 5.56 Å². The van der Waals surface area contributed by atoms with Gasteiger partial charge >= 0.3 is 5.97 Å². The van der Waals surface area contributed by atoms with Crippen molar-refractivity contribution in [1.82, 2.24) is 4.98 Å². The minimum absolute atomic E-state index is 0.354. The fourth-order valence-corrected chi connectivity index (χ4v) is 2.72. The second-order valence-electron chi connectivity index (χ2n) is 4.89. The van der Waals surface area contributed by atoms with Gasteiger partial charge in [0.25, 0.3) is 0 Å². The number of rotatable bonds is 5. The zero-order valence-electron chi connectivity index (χ0n) is 13.0. The number of hydrazone groups is 1. The third-order valence-corrected chi connectivity index (χ3v) is 4.03. The van der Waals surface area contributed by atoms with Crippen LogP contribution in [0.2, 0.25) is 0 Å². The Hall–Kier alpha value is -2.99. The molecule has 0 spiro atoms. The standard InChI is InChI=1S/C18H15N3O2S/c1-23-17(22)15-9-7-13(8-10-15)11-19-21-18-20-16(12-24-18)14-5-3-2-4-6-14/h2-12H,1H3,(H,20,21)/b19-11-. The van der Waals surface area contributed by atoms with Crippen molar-refractivity contribution in [1.29, 1.82) is 0 Å². The lowest BCUT2D eigenvalue weighted by Crippen LogP contribution is -2.00. The summed E-state index contributed by atoms with van der Waals surface area (Å²) in [6, 6.07) is 17.0. The van der Waals surface area contributed by atoms with Crippen molar-refractivity contribution < 1.29 is 9.53 Å². The number of nitrogens with zero attached hydrogens (tertiary/aromatic N) is 2. The van der Waals surface area contributed by atoms with E-state index in [4.69, 9.17) is 0 Å². The van der Waals surface area contributed by atoms with Crippen molar-refractivity contribution in [3.05, 3.63) is 71.1 Å². The topological polar surface area (TPSA) is 63.6 Å². The number of esters is 1. The number of nitrogens with one attached hydrogen (secondary N) is 1. The first-order chi connectivity index (χ1) is 11.8. The van der Waals surface area contributed by atoms with Gasteiger partial charge in [0.1, 0.15) is 0 Å². The molecule has 0 aliphatic carbocycles. The van der Waals surface area contributed by atoms with Crippen LogP contribution in [0.3, 0.4) is 0 Å². The van der Waals surface area contributed by atoms with E-state index in [1.807, 2.05) is 35.7 Å². The molecule has 0 radical (unpaired) electrons. The van der Waals surface area contributed by atoms with Crippen LogP contribution in [-0.4, -0.2) is 24.3 Å². The van der Waals surface area contributed by atoms with E-state index in [1.165, 1.54) is 18.4 Å². The molecule has 0 aliphatic rings. The molecule has 1 heterocycles. The Balaban J connectivity index is 1.62. The highest BCUT2D eigenvalue weighted by molar-refractivity contribution is 7.14. The molecule has 0 atom stereocenters. The number of ether oxygens (including phenoxy) is 1. The van der Waals surface area contributed by atoms with Crippen molar-refractivity contribution >= 4 is 28.7 Å². The van der Waals surface area contributed by atoms with Gasteiger partial charge in [-0.1, -0.05) is 42.5 Å². The first kappa shape index (κ1) is 15.9. The molecule has 0 saturated heterocycles. The van der Waals surface area contributed by atoms with Crippen LogP contribution in [0.4, 0.5) is 5.13 Å². The van der Waals surface area contributed by atoms with Gasteiger partial charge in [0.15, 0.2) is 0 Å². The number of benzene rings is 2. The Labute approximate surface area is 143 Å². The van der Waals surface area contributed by atoms with Crippen LogP contribution in [0.25, 0.3) is 11.3 Å². The van der Waals surface area contributed by atoms with Crippen LogP contribution in [0.15, 0.2) is 65.1 Å². The molecule has 24 heavy (non-hydrogen) atoms. The predicted molar refractivity (Wildman–Crippen MR) is 96.5 cm³/mol. The van der Waals surface area contributed by atoms with E-state index in [1.54, 1.807) is 30.5 Å². The van der Waals surface area contributed by atoms with Crippen molar-refractivity contribution in [3.63, 3.8) is 0 Å². The quantitative estimate of drug-likeness (QED) is 0.433. The van der Waals surface area contributed by atoms with Gasteiger partial charge < -0.3 is 4.74 Å². The van der Waals surface area contributed by atoms with Crippen LogP contribution in [0, 0.1) is 0 Å². The van der Waals surface area contributed by atoms with E-state index in [2.05, 4.69) is 20.2 Å². The molecule has 0 amide bonds. The van der Waals surface area contributed by atoms with Gasteiger partial charge in [0.2, 0.25) is 5.13 Å². The second-order valence-corrected chi connectivity index (χ2v) is 5.75. The Morgan fingerprint density at radius 3 is 2.62 bits per heavy atom. The summed E-state index contributed by atoms with van der Waals surface area (Å²) in [6.07, 6.45) is 1.67. The van der Waals surface area contributed by atoms with Gasteiger partial charge in [-0.15, -0.1) is 11.3 Å². The molecule has 6 heteroatoms. The Morgan fingerprint density at radius 1 is 1.17 bits per heavy atom. The van der Waals surface area contributed by atoms with Crippen LogP contribution >= 0.6 is 11.3 Å². The van der Waals surface area contributed by atoms with Crippen LogP contribution < -0.4 is 5.43 Å². The Kier molecular flexibility index (Phi) is 4.98. The normalized spacial score (nSPS) is 10.7. The van der Waals surface area contributed by atoms with Crippen LogP contribution in [0.5, 0.6) is 0 Å². The van der Waals surface area contributed by atoms with Crippen molar-refractivity contribution in [3.8, 4) is 11.3 Å². The molecule has 0 saturated carbocycles. The number of anilines is 1. The van der Waals surface area contributed by atoms with Crippen LogP contribution in [0.1, 0.15) is 15.9 Å². The average Bonchev–Trinajstić information content (AvgIpc) is 3.11. The summed E-state index contributed by atoms with van der Waals surface area (Å²) in [7, 11) is 1.36. The number of hydrogen-bond donors (Lipinski definition) is 1. The number of hydrogen-bond acceptors (Lipinski definition) is 6. The van der Waals surface area contributed by atoms with Gasteiger partial charge in [-0.3, -0.25) is 5.43 Å². The van der Waals surface area contributed by atoms with Gasteiger partial charge in [-0.2, -0.15) is 5.10 Å². The molecular weight excluding hydrogens is 322 g/mol. The summed E-state index contributed by atoms with van der Waals surface area (Å²) in [6.45, 7) is 0. The van der Waals surface area contributed by atoms with E-state index in [-0.39, 0.29) is 5.97 Å². The highest BCUT2D eigenvalue weighted by atomic mass is 32.1. The molecule has 0 aliphatic heterocycles. The molecule has 5 nitrogen and oxygen atoms in total. The Bertz CT molecular complexity index is 842. The van der Waals surface area contributed by atoms with E-state index in [9.17, 15) is 4.79 Å². The maximum atomic E-state index is 11.4. The highest BCUT2D eigenvalue weighted by Crippen LogP contribution is 2.24. The summed E-state index contributed by atoms with van der Waals surface area (Å²) in [5.41, 5.74) is 6.29. The van der Waals surface area contributed by atoms with Crippen molar-refractivity contribution in [2.45, 2.75) is 0 Å². The first-order valence-corrected chi connectivity index (χ1v) is 8.12. The maximum Gasteiger partial charge on any atom is 0.337 e. The van der Waals surface area contributed by atoms with Gasteiger partial charge in [-0.25, -0.2) is 9.78 Å². The van der Waals surface area contributed by atoms with Crippen molar-refractivity contribution in [2.24, 2.45) is 5.10 Å². The second kappa shape index (κ2) is 7.52. The molecule has 3 rings (SSSR count). The zero-order chi connectivity index (χ0) is 16.8. The zero-order valence-corrected chi connectivity index (χ0v) is 13.8. The fraction of sp³-hybridized carbons (Fsp3) is 0.0556. The summed E-state index contributed by atoms with van der Waals surface area (Å²) < 4.78 is 4.66. The predicted octanol–water partition coefficient (Wildman–Crippen LogP) is 4.04. The molecular formula is C18H15N3O2S. The Morgan fingerprint density at radius 2 is 1.92 bits per heavy atom. The van der Waals surface area contributed by atoms with Gasteiger partial charge in [0, 0.05) is 10.9 Å². The number of aromatic nitrogens is 1. The first-order valence-electron chi connectivity index (χ1n) is 7.24. The van der Waals surface area contributed by atoms with Gasteiger partial charge in [0.05, 0.1) is 24.6 Å². The number of carbonyl (C=O) groups excluding carboxylic acids is 1. The lowest BCUT2D eigenvalue weighted by Gasteiger charge is -1.99. The van der Waals surface area contributed by atoms with Crippen LogP contribution in [-0.2, 0) is 4.74 Å². The summed E-state index contributed by atoms with van der Waals surface area (Å²) in [4.78, 5) is 15.9. The SMILES string of the molecule is COC(=O)c1ccc(/C=N\Nc2nc(-c3ccccc3)cs2)cc1. The lowest BCUT2D eigenvalue weighted by atomic mass is 10.1. The van der Waals surface area contributed by atoms with Crippen molar-refractivity contribution in [2.75, 3.05) is 12.5 Å². The molecule has 2 aromatic carbocycles.